The summed E-state index contributed by atoms with van der Waals surface area (Å²) in [5.41, 5.74) is 1.87. The molecule has 1 aromatic carbocycles. The first-order chi connectivity index (χ1) is 16.0. The number of amides is 1. The van der Waals surface area contributed by atoms with E-state index in [1.807, 2.05) is 24.3 Å². The first kappa shape index (κ1) is 23.4. The first-order valence-electron chi connectivity index (χ1n) is 10.3. The van der Waals surface area contributed by atoms with Crippen LogP contribution < -0.4 is 10.2 Å². The number of carbonyl (C=O) groups excluding carboxylic acids is 1. The minimum absolute atomic E-state index is 0.182. The highest BCUT2D eigenvalue weighted by Crippen LogP contribution is 2.30. The van der Waals surface area contributed by atoms with Gasteiger partial charge in [0.2, 0.25) is 0 Å². The number of rotatable bonds is 6. The number of nitrogens with one attached hydrogen (secondary N) is 1. The summed E-state index contributed by atoms with van der Waals surface area (Å²) in [6.45, 7) is 4.02. The molecule has 1 saturated heterocycles. The molecule has 0 spiro atoms. The van der Waals surface area contributed by atoms with E-state index >= 15 is 0 Å². The zero-order valence-electron chi connectivity index (χ0n) is 17.6. The Hall–Kier alpha value is -2.71. The summed E-state index contributed by atoms with van der Waals surface area (Å²) >= 11 is 18.2. The van der Waals surface area contributed by atoms with Gasteiger partial charge < -0.3 is 10.2 Å². The smallest absolute Gasteiger partial charge is 0.256 e. The molecule has 1 aliphatic heterocycles. The predicted molar refractivity (Wildman–Crippen MR) is 133 cm³/mol. The maximum Gasteiger partial charge on any atom is 0.256 e. The second-order valence-electron chi connectivity index (χ2n) is 7.43. The number of carbonyl (C=O) groups is 1. The van der Waals surface area contributed by atoms with Crippen molar-refractivity contribution in [3.05, 3.63) is 81.5 Å². The molecular weight excluding hydrogens is 483 g/mol. The van der Waals surface area contributed by atoms with Gasteiger partial charge in [0, 0.05) is 49.5 Å². The third-order valence-corrected chi connectivity index (χ3v) is 5.97. The van der Waals surface area contributed by atoms with E-state index in [2.05, 4.69) is 42.2 Å². The standard InChI is InChI=1S/C23H21Cl3N6O/c24-18-5-3-16(4-6-18)2-1-9-31-10-12-32(13-11-31)22-20(21(26)28-15-29-22)30-23(33)17-7-8-27-19(25)14-17/h1-8,14-15H,9-13H2,(H,30,33). The average Bonchev–Trinajstić information content (AvgIpc) is 2.82. The van der Waals surface area contributed by atoms with E-state index in [-0.39, 0.29) is 16.2 Å². The van der Waals surface area contributed by atoms with Crippen LogP contribution in [0.25, 0.3) is 6.08 Å². The third kappa shape index (κ3) is 6.21. The number of hydrogen-bond acceptors (Lipinski definition) is 6. The highest BCUT2D eigenvalue weighted by atomic mass is 35.5. The maximum atomic E-state index is 12.7. The van der Waals surface area contributed by atoms with Crippen molar-refractivity contribution >= 4 is 58.3 Å². The number of pyridine rings is 1. The number of aromatic nitrogens is 3. The van der Waals surface area contributed by atoms with Crippen LogP contribution in [0.5, 0.6) is 0 Å². The van der Waals surface area contributed by atoms with Gasteiger partial charge in [-0.3, -0.25) is 9.69 Å². The fourth-order valence-electron chi connectivity index (χ4n) is 3.49. The SMILES string of the molecule is O=C(Nc1c(Cl)ncnc1N1CCN(CC=Cc2ccc(Cl)cc2)CC1)c1ccnc(Cl)c1. The molecule has 3 heterocycles. The minimum Gasteiger partial charge on any atom is -0.352 e. The van der Waals surface area contributed by atoms with Crippen molar-refractivity contribution in [2.24, 2.45) is 0 Å². The molecule has 0 atom stereocenters. The molecule has 1 aliphatic rings. The molecule has 10 heteroatoms. The highest BCUT2D eigenvalue weighted by Gasteiger charge is 2.23. The fraction of sp³-hybridized carbons (Fsp3) is 0.217. The number of anilines is 2. The first-order valence-corrected chi connectivity index (χ1v) is 11.5. The van der Waals surface area contributed by atoms with Gasteiger partial charge in [-0.15, -0.1) is 0 Å². The lowest BCUT2D eigenvalue weighted by Crippen LogP contribution is -2.47. The van der Waals surface area contributed by atoms with Crippen LogP contribution in [-0.2, 0) is 0 Å². The van der Waals surface area contributed by atoms with E-state index in [1.165, 1.54) is 18.6 Å². The number of halogens is 3. The summed E-state index contributed by atoms with van der Waals surface area (Å²) in [6.07, 6.45) is 7.11. The molecule has 0 radical (unpaired) electrons. The van der Waals surface area contributed by atoms with Crippen LogP contribution >= 0.6 is 34.8 Å². The molecule has 0 bridgehead atoms. The van der Waals surface area contributed by atoms with Crippen LogP contribution in [0.15, 0.2) is 55.0 Å². The van der Waals surface area contributed by atoms with E-state index in [1.54, 1.807) is 6.07 Å². The normalized spacial score (nSPS) is 14.6. The molecule has 1 amide bonds. The maximum absolute atomic E-state index is 12.7. The molecule has 170 valence electrons. The molecule has 33 heavy (non-hydrogen) atoms. The number of piperazine rings is 1. The number of benzene rings is 1. The van der Waals surface area contributed by atoms with Gasteiger partial charge in [-0.05, 0) is 29.8 Å². The molecule has 2 aromatic heterocycles. The van der Waals surface area contributed by atoms with Crippen LogP contribution in [0.3, 0.4) is 0 Å². The molecule has 4 rings (SSSR count). The van der Waals surface area contributed by atoms with E-state index in [0.29, 0.717) is 17.1 Å². The zero-order valence-corrected chi connectivity index (χ0v) is 19.9. The average molecular weight is 504 g/mol. The molecule has 3 aromatic rings. The third-order valence-electron chi connectivity index (χ3n) is 5.22. The Balaban J connectivity index is 1.38. The van der Waals surface area contributed by atoms with E-state index in [0.717, 1.165) is 43.3 Å². The van der Waals surface area contributed by atoms with Gasteiger partial charge in [0.1, 0.15) is 17.2 Å². The molecule has 1 fully saturated rings. The second kappa shape index (κ2) is 10.9. The Morgan fingerprint density at radius 2 is 1.76 bits per heavy atom. The predicted octanol–water partition coefficient (Wildman–Crippen LogP) is 4.92. The summed E-state index contributed by atoms with van der Waals surface area (Å²) in [7, 11) is 0. The monoisotopic (exact) mass is 502 g/mol. The molecule has 0 unspecified atom stereocenters. The quantitative estimate of drug-likeness (QED) is 0.380. The van der Waals surface area contributed by atoms with Crippen LogP contribution in [0, 0.1) is 0 Å². The summed E-state index contributed by atoms with van der Waals surface area (Å²) < 4.78 is 0. The summed E-state index contributed by atoms with van der Waals surface area (Å²) in [6, 6.07) is 10.8. The van der Waals surface area contributed by atoms with Crippen molar-refractivity contribution in [2.45, 2.75) is 0 Å². The lowest BCUT2D eigenvalue weighted by Gasteiger charge is -2.35. The van der Waals surface area contributed by atoms with Crippen molar-refractivity contribution in [3.8, 4) is 0 Å². The van der Waals surface area contributed by atoms with Gasteiger partial charge in [-0.2, -0.15) is 0 Å². The van der Waals surface area contributed by atoms with Gasteiger partial charge in [0.25, 0.3) is 5.91 Å². The minimum atomic E-state index is -0.358. The van der Waals surface area contributed by atoms with Crippen LogP contribution in [-0.4, -0.2) is 58.5 Å². The van der Waals surface area contributed by atoms with E-state index in [9.17, 15) is 4.79 Å². The van der Waals surface area contributed by atoms with Crippen molar-refractivity contribution in [1.82, 2.24) is 19.9 Å². The highest BCUT2D eigenvalue weighted by molar-refractivity contribution is 6.33. The van der Waals surface area contributed by atoms with Crippen LogP contribution in [0.4, 0.5) is 11.5 Å². The Kier molecular flexibility index (Phi) is 7.77. The Morgan fingerprint density at radius 1 is 1.00 bits per heavy atom. The van der Waals surface area contributed by atoms with Crippen LogP contribution in [0.2, 0.25) is 15.3 Å². The summed E-state index contributed by atoms with van der Waals surface area (Å²) in [5.74, 6) is 0.239. The van der Waals surface area contributed by atoms with E-state index in [4.69, 9.17) is 34.8 Å². The van der Waals surface area contributed by atoms with Gasteiger partial charge in [-0.25, -0.2) is 15.0 Å². The molecule has 0 aliphatic carbocycles. The van der Waals surface area contributed by atoms with Crippen molar-refractivity contribution in [1.29, 1.82) is 0 Å². The second-order valence-corrected chi connectivity index (χ2v) is 8.61. The molecule has 7 nitrogen and oxygen atoms in total. The Morgan fingerprint density at radius 3 is 2.48 bits per heavy atom. The van der Waals surface area contributed by atoms with Gasteiger partial charge in [0.05, 0.1) is 0 Å². The van der Waals surface area contributed by atoms with E-state index < -0.39 is 0 Å². The molecule has 0 saturated carbocycles. The number of nitrogens with zero attached hydrogens (tertiary/aromatic N) is 5. The lowest BCUT2D eigenvalue weighted by molar-refractivity contribution is 0.102. The van der Waals surface area contributed by atoms with Crippen molar-refractivity contribution < 1.29 is 4.79 Å². The Bertz CT molecular complexity index is 1150. The topological polar surface area (TPSA) is 74.2 Å². The number of hydrogen-bond donors (Lipinski definition) is 1. The summed E-state index contributed by atoms with van der Waals surface area (Å²) in [4.78, 5) is 29.5. The Labute approximate surface area is 207 Å². The lowest BCUT2D eigenvalue weighted by atomic mass is 10.2. The molecular formula is C23H21Cl3N6O. The van der Waals surface area contributed by atoms with Crippen molar-refractivity contribution in [2.75, 3.05) is 42.9 Å². The van der Waals surface area contributed by atoms with Crippen LogP contribution in [0.1, 0.15) is 15.9 Å². The van der Waals surface area contributed by atoms with Gasteiger partial charge in [-0.1, -0.05) is 59.1 Å². The fourth-order valence-corrected chi connectivity index (χ4v) is 3.96. The van der Waals surface area contributed by atoms with Gasteiger partial charge >= 0.3 is 0 Å². The van der Waals surface area contributed by atoms with Gasteiger partial charge in [0.15, 0.2) is 11.0 Å². The summed E-state index contributed by atoms with van der Waals surface area (Å²) in [5, 5.41) is 3.98. The largest absolute Gasteiger partial charge is 0.352 e. The molecule has 1 N–H and O–H groups in total. The zero-order chi connectivity index (χ0) is 23.2. The van der Waals surface area contributed by atoms with Crippen molar-refractivity contribution in [3.63, 3.8) is 0 Å².